The minimum atomic E-state index is -0.0236. The van der Waals surface area contributed by atoms with Crippen molar-refractivity contribution in [3.05, 3.63) is 0 Å². The molecule has 1 unspecified atom stereocenters. The zero-order valence-corrected chi connectivity index (χ0v) is 7.75. The highest BCUT2D eigenvalue weighted by Crippen LogP contribution is 2.24. The summed E-state index contributed by atoms with van der Waals surface area (Å²) < 4.78 is 0. The molecule has 1 atom stereocenters. The van der Waals surface area contributed by atoms with Crippen LogP contribution in [0.5, 0.6) is 0 Å². The van der Waals surface area contributed by atoms with E-state index in [-0.39, 0.29) is 11.4 Å². The van der Waals surface area contributed by atoms with E-state index in [2.05, 4.69) is 5.32 Å². The Bertz CT molecular complexity index is 192. The standard InChI is InChI=1S/C8H13NOS/c1-3-6(11)4-8(2)5-7(10)9-8/h3-5H2,1-2H3,(H,9,10). The summed E-state index contributed by atoms with van der Waals surface area (Å²) in [5.74, 6) is 0.145. The fourth-order valence-corrected chi connectivity index (χ4v) is 1.66. The molecule has 0 aliphatic carbocycles. The van der Waals surface area contributed by atoms with Crippen LogP contribution in [-0.2, 0) is 4.79 Å². The van der Waals surface area contributed by atoms with Crippen LogP contribution in [0, 0.1) is 0 Å². The second kappa shape index (κ2) is 2.89. The fraction of sp³-hybridized carbons (Fsp3) is 0.750. The van der Waals surface area contributed by atoms with Crippen LogP contribution in [0.4, 0.5) is 0 Å². The highest BCUT2D eigenvalue weighted by molar-refractivity contribution is 7.80. The van der Waals surface area contributed by atoms with E-state index >= 15 is 0 Å². The quantitative estimate of drug-likeness (QED) is 0.514. The van der Waals surface area contributed by atoms with Gasteiger partial charge in [-0.25, -0.2) is 0 Å². The molecule has 2 nitrogen and oxygen atoms in total. The van der Waals surface area contributed by atoms with Crippen molar-refractivity contribution in [1.29, 1.82) is 0 Å². The number of carbonyl (C=O) groups excluding carboxylic acids is 1. The molecule has 1 rings (SSSR count). The summed E-state index contributed by atoms with van der Waals surface area (Å²) >= 11 is 5.09. The summed E-state index contributed by atoms with van der Waals surface area (Å²) in [5, 5.41) is 2.86. The molecule has 3 heteroatoms. The molecule has 0 bridgehead atoms. The van der Waals surface area contributed by atoms with E-state index in [1.165, 1.54) is 0 Å². The van der Waals surface area contributed by atoms with Gasteiger partial charge in [-0.1, -0.05) is 19.1 Å². The van der Waals surface area contributed by atoms with E-state index in [1.54, 1.807) is 0 Å². The lowest BCUT2D eigenvalue weighted by Gasteiger charge is -2.39. The van der Waals surface area contributed by atoms with Crippen molar-refractivity contribution in [2.24, 2.45) is 0 Å². The van der Waals surface area contributed by atoms with E-state index in [0.29, 0.717) is 6.42 Å². The van der Waals surface area contributed by atoms with Crippen LogP contribution in [0.3, 0.4) is 0 Å². The Labute approximate surface area is 72.4 Å². The fourth-order valence-electron chi connectivity index (χ4n) is 1.34. The number of rotatable bonds is 3. The van der Waals surface area contributed by atoms with Gasteiger partial charge in [-0.2, -0.15) is 0 Å². The van der Waals surface area contributed by atoms with Gasteiger partial charge in [-0.15, -0.1) is 0 Å². The summed E-state index contributed by atoms with van der Waals surface area (Å²) in [7, 11) is 0. The first-order chi connectivity index (χ1) is 5.06. The number of β-lactam (4-membered cyclic amide) rings is 1. The Kier molecular flexibility index (Phi) is 2.28. The average molecular weight is 171 g/mol. The highest BCUT2D eigenvalue weighted by atomic mass is 32.1. The Morgan fingerprint density at radius 2 is 2.36 bits per heavy atom. The molecule has 1 aliphatic heterocycles. The third kappa shape index (κ3) is 1.99. The first kappa shape index (κ1) is 8.65. The lowest BCUT2D eigenvalue weighted by Crippen LogP contribution is -2.59. The van der Waals surface area contributed by atoms with Crippen LogP contribution in [0.1, 0.15) is 33.1 Å². The maximum Gasteiger partial charge on any atom is 0.222 e. The van der Waals surface area contributed by atoms with Crippen molar-refractivity contribution in [1.82, 2.24) is 5.32 Å². The summed E-state index contributed by atoms with van der Waals surface area (Å²) in [6.07, 6.45) is 2.42. The first-order valence-electron chi connectivity index (χ1n) is 3.88. The molecule has 0 aromatic rings. The molecule has 11 heavy (non-hydrogen) atoms. The van der Waals surface area contributed by atoms with Crippen LogP contribution in [0.15, 0.2) is 0 Å². The molecule has 0 aromatic carbocycles. The first-order valence-corrected chi connectivity index (χ1v) is 4.29. The van der Waals surface area contributed by atoms with Gasteiger partial charge >= 0.3 is 0 Å². The van der Waals surface area contributed by atoms with E-state index in [9.17, 15) is 4.79 Å². The molecule has 0 radical (unpaired) electrons. The average Bonchev–Trinajstić information content (AvgIpc) is 1.84. The number of nitrogens with one attached hydrogen (secondary N) is 1. The van der Waals surface area contributed by atoms with Crippen LogP contribution < -0.4 is 5.32 Å². The maximum absolute atomic E-state index is 10.6. The number of thiocarbonyl (C=S) groups is 1. The van der Waals surface area contributed by atoms with Crippen molar-refractivity contribution in [3.63, 3.8) is 0 Å². The monoisotopic (exact) mass is 171 g/mol. The lowest BCUT2D eigenvalue weighted by molar-refractivity contribution is -0.131. The normalized spacial score (nSPS) is 29.1. The molecular formula is C8H13NOS. The van der Waals surface area contributed by atoms with Crippen LogP contribution in [-0.4, -0.2) is 16.3 Å². The zero-order chi connectivity index (χ0) is 8.48. The van der Waals surface area contributed by atoms with Crippen molar-refractivity contribution < 1.29 is 4.79 Å². The SMILES string of the molecule is CCC(=S)CC1(C)CC(=O)N1. The van der Waals surface area contributed by atoms with Gasteiger partial charge in [0.1, 0.15) is 0 Å². The molecule has 0 aromatic heterocycles. The molecule has 1 amide bonds. The molecule has 1 N–H and O–H groups in total. The second-order valence-corrected chi connectivity index (χ2v) is 3.93. The Morgan fingerprint density at radius 3 is 2.73 bits per heavy atom. The van der Waals surface area contributed by atoms with E-state index < -0.39 is 0 Å². The molecule has 1 aliphatic rings. The van der Waals surface area contributed by atoms with Crippen LogP contribution >= 0.6 is 12.2 Å². The van der Waals surface area contributed by atoms with Crippen molar-refractivity contribution >= 4 is 23.0 Å². The topological polar surface area (TPSA) is 29.1 Å². The third-order valence-corrected chi connectivity index (χ3v) is 2.41. The lowest BCUT2D eigenvalue weighted by atomic mass is 9.84. The van der Waals surface area contributed by atoms with Gasteiger partial charge < -0.3 is 5.32 Å². The van der Waals surface area contributed by atoms with Crippen molar-refractivity contribution in [2.45, 2.75) is 38.6 Å². The van der Waals surface area contributed by atoms with Gasteiger partial charge in [0.15, 0.2) is 0 Å². The molecule has 0 spiro atoms. The Balaban J connectivity index is 2.37. The number of amides is 1. The number of hydrogen-bond donors (Lipinski definition) is 1. The zero-order valence-electron chi connectivity index (χ0n) is 6.94. The predicted molar refractivity (Wildman–Crippen MR) is 48.7 cm³/mol. The van der Waals surface area contributed by atoms with E-state index in [1.807, 2.05) is 13.8 Å². The third-order valence-electron chi connectivity index (χ3n) is 1.97. The van der Waals surface area contributed by atoms with E-state index in [0.717, 1.165) is 17.7 Å². The summed E-state index contributed by atoms with van der Waals surface area (Å²) in [6.45, 7) is 4.09. The summed E-state index contributed by atoms with van der Waals surface area (Å²) in [5.41, 5.74) is -0.0236. The Hall–Kier alpha value is -0.440. The van der Waals surface area contributed by atoms with Gasteiger partial charge in [0.05, 0.1) is 5.54 Å². The van der Waals surface area contributed by atoms with Gasteiger partial charge in [0, 0.05) is 12.8 Å². The minimum absolute atomic E-state index is 0.0236. The van der Waals surface area contributed by atoms with Gasteiger partial charge in [0.2, 0.25) is 5.91 Å². The minimum Gasteiger partial charge on any atom is -0.350 e. The molecule has 1 saturated heterocycles. The second-order valence-electron chi connectivity index (χ2n) is 3.35. The largest absolute Gasteiger partial charge is 0.350 e. The van der Waals surface area contributed by atoms with Crippen molar-refractivity contribution in [3.8, 4) is 0 Å². The highest BCUT2D eigenvalue weighted by Gasteiger charge is 2.38. The molecule has 0 saturated carbocycles. The van der Waals surface area contributed by atoms with Crippen molar-refractivity contribution in [2.75, 3.05) is 0 Å². The molecular weight excluding hydrogens is 158 g/mol. The number of hydrogen-bond acceptors (Lipinski definition) is 2. The summed E-state index contributed by atoms with van der Waals surface area (Å²) in [4.78, 5) is 11.7. The summed E-state index contributed by atoms with van der Waals surface area (Å²) in [6, 6.07) is 0. The Morgan fingerprint density at radius 1 is 1.82 bits per heavy atom. The van der Waals surface area contributed by atoms with E-state index in [4.69, 9.17) is 12.2 Å². The predicted octanol–water partition coefficient (Wildman–Crippen LogP) is 1.43. The molecule has 1 heterocycles. The van der Waals surface area contributed by atoms with Gasteiger partial charge in [0.25, 0.3) is 0 Å². The van der Waals surface area contributed by atoms with Gasteiger partial charge in [-0.05, 0) is 18.2 Å². The smallest absolute Gasteiger partial charge is 0.222 e. The number of carbonyl (C=O) groups is 1. The maximum atomic E-state index is 10.6. The van der Waals surface area contributed by atoms with Crippen LogP contribution in [0.2, 0.25) is 0 Å². The molecule has 1 fully saturated rings. The van der Waals surface area contributed by atoms with Crippen LogP contribution in [0.25, 0.3) is 0 Å². The van der Waals surface area contributed by atoms with Gasteiger partial charge in [-0.3, -0.25) is 4.79 Å². The molecule has 62 valence electrons.